The predicted octanol–water partition coefficient (Wildman–Crippen LogP) is 1.26. The number of carbonyl (C=O) groups excluding carboxylic acids is 3. The van der Waals surface area contributed by atoms with E-state index >= 15 is 0 Å². The molecule has 0 bridgehead atoms. The molecule has 118 valence electrons. The number of hydrogen-bond donors (Lipinski definition) is 0. The number of hydrogen-bond acceptors (Lipinski definition) is 6. The minimum Gasteiger partial charge on any atom is -0.459 e. The molecule has 0 aliphatic carbocycles. The van der Waals surface area contributed by atoms with E-state index in [2.05, 4.69) is 0 Å². The highest BCUT2D eigenvalue weighted by atomic mass is 16.6. The molecule has 0 aromatic rings. The smallest absolute Gasteiger partial charge is 0.324 e. The van der Waals surface area contributed by atoms with E-state index in [-0.39, 0.29) is 25.2 Å². The minimum atomic E-state index is -1.34. The fraction of sp³-hybridized carbons (Fsp3) is 0.800. The van der Waals surface area contributed by atoms with Gasteiger partial charge in [-0.05, 0) is 19.8 Å². The maximum atomic E-state index is 12.1. The van der Waals surface area contributed by atoms with Crippen molar-refractivity contribution in [2.75, 3.05) is 13.2 Å². The van der Waals surface area contributed by atoms with Crippen molar-refractivity contribution in [2.24, 2.45) is 11.3 Å². The number of rotatable bonds is 5. The second kappa shape index (κ2) is 5.40. The zero-order chi connectivity index (χ0) is 15.8. The summed E-state index contributed by atoms with van der Waals surface area (Å²) in [7, 11) is 0. The van der Waals surface area contributed by atoms with E-state index in [1.165, 1.54) is 13.8 Å². The molecule has 2 aliphatic rings. The van der Waals surface area contributed by atoms with E-state index in [1.54, 1.807) is 0 Å². The quantitative estimate of drug-likeness (QED) is 0.561. The Morgan fingerprint density at radius 1 is 1.38 bits per heavy atom. The molecule has 0 saturated carbocycles. The van der Waals surface area contributed by atoms with Crippen molar-refractivity contribution >= 4 is 17.7 Å². The predicted molar refractivity (Wildman–Crippen MR) is 72.4 cm³/mol. The maximum absolute atomic E-state index is 12.1. The Morgan fingerprint density at radius 3 is 2.57 bits per heavy atom. The van der Waals surface area contributed by atoms with Gasteiger partial charge in [0.1, 0.15) is 6.10 Å². The number of cyclic esters (lactones) is 2. The summed E-state index contributed by atoms with van der Waals surface area (Å²) in [6.07, 6.45) is -0.197. The summed E-state index contributed by atoms with van der Waals surface area (Å²) in [5.41, 5.74) is -2.57. The van der Waals surface area contributed by atoms with Crippen LogP contribution in [0.5, 0.6) is 0 Å². The average molecular weight is 298 g/mol. The van der Waals surface area contributed by atoms with Gasteiger partial charge in [-0.2, -0.15) is 0 Å². The third-order valence-electron chi connectivity index (χ3n) is 4.09. The molecular weight excluding hydrogens is 276 g/mol. The van der Waals surface area contributed by atoms with E-state index in [1.807, 2.05) is 13.8 Å². The van der Waals surface area contributed by atoms with E-state index in [4.69, 9.17) is 14.2 Å². The second-order valence-corrected chi connectivity index (χ2v) is 6.60. The largest absolute Gasteiger partial charge is 0.459 e. The number of ether oxygens (including phenoxy) is 3. The van der Waals surface area contributed by atoms with Crippen molar-refractivity contribution in [3.8, 4) is 0 Å². The summed E-state index contributed by atoms with van der Waals surface area (Å²) in [5.74, 6) is -1.14. The summed E-state index contributed by atoms with van der Waals surface area (Å²) in [5, 5.41) is 0. The van der Waals surface area contributed by atoms with E-state index in [0.717, 1.165) is 0 Å². The van der Waals surface area contributed by atoms with E-state index in [0.29, 0.717) is 12.5 Å². The molecule has 2 aliphatic heterocycles. The van der Waals surface area contributed by atoms with Crippen molar-refractivity contribution in [3.63, 3.8) is 0 Å². The summed E-state index contributed by atoms with van der Waals surface area (Å²) < 4.78 is 15.9. The lowest BCUT2D eigenvalue weighted by Crippen LogP contribution is -2.35. The highest BCUT2D eigenvalue weighted by Gasteiger charge is 2.65. The Kier molecular flexibility index (Phi) is 4.10. The van der Waals surface area contributed by atoms with Crippen molar-refractivity contribution in [1.29, 1.82) is 0 Å². The van der Waals surface area contributed by atoms with Crippen LogP contribution in [0.2, 0.25) is 0 Å². The molecule has 3 atom stereocenters. The van der Waals surface area contributed by atoms with Gasteiger partial charge in [0, 0.05) is 19.4 Å². The first-order valence-corrected chi connectivity index (χ1v) is 7.23. The van der Waals surface area contributed by atoms with Crippen LogP contribution in [0.25, 0.3) is 0 Å². The Hall–Kier alpha value is -1.43. The molecule has 0 aromatic carbocycles. The van der Waals surface area contributed by atoms with Crippen LogP contribution in [-0.2, 0) is 28.6 Å². The van der Waals surface area contributed by atoms with Gasteiger partial charge in [0.05, 0.1) is 6.61 Å². The van der Waals surface area contributed by atoms with Crippen LogP contribution in [0.3, 0.4) is 0 Å². The lowest BCUT2D eigenvalue weighted by Gasteiger charge is -2.18. The van der Waals surface area contributed by atoms with Crippen LogP contribution >= 0.6 is 0 Å². The Morgan fingerprint density at radius 2 is 2.05 bits per heavy atom. The average Bonchev–Trinajstić information content (AvgIpc) is 2.79. The van der Waals surface area contributed by atoms with Gasteiger partial charge in [0.15, 0.2) is 16.8 Å². The molecule has 0 radical (unpaired) electrons. The standard InChI is InChI=1S/C15H22O6/c1-9(2)6-19-7-11-5-15(12(17)20-11)8-14(4,10(3)16)21-13(15)18/h9,11H,5-8H2,1-4H3/t11-,14-,15-/m0/s1. The highest BCUT2D eigenvalue weighted by Crippen LogP contribution is 2.49. The van der Waals surface area contributed by atoms with E-state index in [9.17, 15) is 14.4 Å². The SMILES string of the molecule is CC(=O)[C@]1(C)C[C@]2(C[C@@H](COCC(C)C)OC2=O)C(=O)O1. The van der Waals surface area contributed by atoms with Crippen LogP contribution in [0.1, 0.15) is 40.5 Å². The number of carbonyl (C=O) groups is 3. The van der Waals surface area contributed by atoms with Gasteiger partial charge in [0.25, 0.3) is 0 Å². The van der Waals surface area contributed by atoms with Crippen LogP contribution in [0, 0.1) is 11.3 Å². The molecule has 2 heterocycles. The first kappa shape index (κ1) is 15.9. The first-order valence-electron chi connectivity index (χ1n) is 7.23. The van der Waals surface area contributed by atoms with Crippen LogP contribution in [0.15, 0.2) is 0 Å². The zero-order valence-corrected chi connectivity index (χ0v) is 12.9. The molecule has 6 nitrogen and oxygen atoms in total. The fourth-order valence-corrected chi connectivity index (χ4v) is 2.80. The third kappa shape index (κ3) is 2.81. The van der Waals surface area contributed by atoms with Gasteiger partial charge in [-0.25, -0.2) is 0 Å². The molecule has 6 heteroatoms. The van der Waals surface area contributed by atoms with Crippen molar-refractivity contribution in [1.82, 2.24) is 0 Å². The number of ketones is 1. The van der Waals surface area contributed by atoms with Crippen LogP contribution < -0.4 is 0 Å². The van der Waals surface area contributed by atoms with Gasteiger partial charge < -0.3 is 14.2 Å². The molecule has 2 fully saturated rings. The molecule has 0 unspecified atom stereocenters. The molecule has 0 N–H and O–H groups in total. The van der Waals surface area contributed by atoms with Crippen molar-refractivity contribution in [3.05, 3.63) is 0 Å². The number of Topliss-reactive ketones (excluding diaryl/α,β-unsaturated/α-hetero) is 1. The Labute approximate surface area is 124 Å². The summed E-state index contributed by atoms with van der Waals surface area (Å²) in [6, 6.07) is 0. The molecule has 1 spiro atoms. The van der Waals surface area contributed by atoms with E-state index < -0.39 is 29.1 Å². The van der Waals surface area contributed by atoms with Gasteiger partial charge in [-0.15, -0.1) is 0 Å². The second-order valence-electron chi connectivity index (χ2n) is 6.60. The lowest BCUT2D eigenvalue weighted by atomic mass is 9.77. The van der Waals surface area contributed by atoms with Gasteiger partial charge in [-0.1, -0.05) is 13.8 Å². The van der Waals surface area contributed by atoms with Gasteiger partial charge in [0.2, 0.25) is 0 Å². The topological polar surface area (TPSA) is 78.9 Å². The van der Waals surface area contributed by atoms with Crippen molar-refractivity contribution in [2.45, 2.75) is 52.2 Å². The van der Waals surface area contributed by atoms with Gasteiger partial charge in [-0.3, -0.25) is 14.4 Å². The van der Waals surface area contributed by atoms with Crippen LogP contribution in [0.4, 0.5) is 0 Å². The molecule has 0 aromatic heterocycles. The molecule has 2 rings (SSSR count). The summed E-state index contributed by atoms with van der Waals surface area (Å²) in [4.78, 5) is 35.9. The third-order valence-corrected chi connectivity index (χ3v) is 4.09. The Bertz CT molecular complexity index is 471. The monoisotopic (exact) mass is 298 g/mol. The lowest BCUT2D eigenvalue weighted by molar-refractivity contribution is -0.162. The van der Waals surface area contributed by atoms with Gasteiger partial charge >= 0.3 is 11.9 Å². The molecule has 21 heavy (non-hydrogen) atoms. The van der Waals surface area contributed by atoms with Crippen LogP contribution in [-0.4, -0.2) is 42.6 Å². The number of esters is 2. The molecular formula is C15H22O6. The minimum absolute atomic E-state index is 0.0493. The normalized spacial score (nSPS) is 35.4. The summed E-state index contributed by atoms with van der Waals surface area (Å²) >= 11 is 0. The highest BCUT2D eigenvalue weighted by molar-refractivity contribution is 6.06. The molecule has 2 saturated heterocycles. The zero-order valence-electron chi connectivity index (χ0n) is 12.9. The maximum Gasteiger partial charge on any atom is 0.324 e. The Balaban J connectivity index is 2.05. The summed E-state index contributed by atoms with van der Waals surface area (Å²) in [6.45, 7) is 7.77. The molecule has 0 amide bonds. The fourth-order valence-electron chi connectivity index (χ4n) is 2.80. The van der Waals surface area contributed by atoms with Crippen molar-refractivity contribution < 1.29 is 28.6 Å². The first-order chi connectivity index (χ1) is 9.69.